The molecule has 2 aromatic heterocycles. The van der Waals surface area contributed by atoms with Gasteiger partial charge in [0, 0.05) is 5.39 Å². The number of ether oxygens (including phenoxy) is 2. The fourth-order valence-electron chi connectivity index (χ4n) is 2.98. The van der Waals surface area contributed by atoms with Crippen LogP contribution in [0.25, 0.3) is 21.8 Å². The van der Waals surface area contributed by atoms with Crippen molar-refractivity contribution in [1.29, 1.82) is 0 Å². The van der Waals surface area contributed by atoms with Gasteiger partial charge in [-0.1, -0.05) is 6.07 Å². The summed E-state index contributed by atoms with van der Waals surface area (Å²) in [6.07, 6.45) is -5.08. The molecule has 10 nitrogen and oxygen atoms in total. The lowest BCUT2D eigenvalue weighted by Gasteiger charge is -2.11. The summed E-state index contributed by atoms with van der Waals surface area (Å²) in [5, 5.41) is 21.3. The standard InChI is InChI=1S/C19H16FN5O3.C2HF3O2/c1-9-10-7-8-12(20)16(28-3)15(10)23-18(21-9)25-19-22-14-11(17(26)24-19)5-4-6-13(14)27-2;3-2(4,5)1(6)7/h4-8H,1-3H3,(H2,21,22,23,24,25,26);(H,6,7). The summed E-state index contributed by atoms with van der Waals surface area (Å²) >= 11 is 0. The van der Waals surface area contributed by atoms with Gasteiger partial charge in [-0.3, -0.25) is 5.32 Å². The number of fused-ring (bicyclic) bond motifs is 2. The number of hydrogen-bond donors (Lipinski definition) is 3. The molecule has 0 aliphatic rings. The van der Waals surface area contributed by atoms with Gasteiger partial charge in [0.05, 0.1) is 25.3 Å². The number of para-hydroxylation sites is 1. The number of carbonyl (C=O) groups is 1. The number of carboxylic acids is 1. The number of nitrogens with one attached hydrogen (secondary N) is 1. The molecule has 0 amide bonds. The van der Waals surface area contributed by atoms with Crippen molar-refractivity contribution in [3.8, 4) is 17.4 Å². The van der Waals surface area contributed by atoms with Crippen LogP contribution in [-0.4, -0.2) is 56.5 Å². The number of methoxy groups -OCH3 is 2. The highest BCUT2D eigenvalue weighted by Gasteiger charge is 2.38. The zero-order valence-corrected chi connectivity index (χ0v) is 18.3. The molecule has 0 radical (unpaired) electrons. The molecule has 0 spiro atoms. The summed E-state index contributed by atoms with van der Waals surface area (Å²) in [6.45, 7) is 1.77. The zero-order chi connectivity index (χ0) is 25.9. The Morgan fingerprint density at radius 2 is 1.57 bits per heavy atom. The Morgan fingerprint density at radius 1 is 0.943 bits per heavy atom. The largest absolute Gasteiger partial charge is 0.494 e. The number of alkyl halides is 3. The molecule has 0 aliphatic heterocycles. The number of aliphatic carboxylic acids is 1. The predicted molar refractivity (Wildman–Crippen MR) is 116 cm³/mol. The quantitative estimate of drug-likeness (QED) is 0.354. The van der Waals surface area contributed by atoms with E-state index >= 15 is 0 Å². The van der Waals surface area contributed by atoms with E-state index in [4.69, 9.17) is 19.4 Å². The Morgan fingerprint density at radius 3 is 2.17 bits per heavy atom. The first-order valence-electron chi connectivity index (χ1n) is 9.58. The number of nitrogens with zero attached hydrogens (tertiary/aromatic N) is 4. The molecule has 0 saturated carbocycles. The second-order valence-corrected chi connectivity index (χ2v) is 6.76. The number of halogens is 4. The second kappa shape index (κ2) is 9.79. The van der Waals surface area contributed by atoms with Gasteiger partial charge in [0.2, 0.25) is 17.8 Å². The van der Waals surface area contributed by atoms with Crippen molar-refractivity contribution in [2.75, 3.05) is 19.5 Å². The number of aryl methyl sites for hydroxylation is 1. The van der Waals surface area contributed by atoms with Crippen LogP contribution in [0, 0.1) is 12.7 Å². The van der Waals surface area contributed by atoms with Crippen molar-refractivity contribution in [2.45, 2.75) is 13.1 Å². The second-order valence-electron chi connectivity index (χ2n) is 6.76. The van der Waals surface area contributed by atoms with E-state index in [0.29, 0.717) is 33.2 Å². The predicted octanol–water partition coefficient (Wildman–Crippen LogP) is 4.12. The minimum absolute atomic E-state index is 0.0231. The highest BCUT2D eigenvalue weighted by Crippen LogP contribution is 2.32. The van der Waals surface area contributed by atoms with Gasteiger partial charge in [0.1, 0.15) is 16.8 Å². The van der Waals surface area contributed by atoms with E-state index in [0.717, 1.165) is 0 Å². The summed E-state index contributed by atoms with van der Waals surface area (Å²) in [5.41, 5.74) is 1.37. The van der Waals surface area contributed by atoms with E-state index in [1.165, 1.54) is 20.3 Å². The summed E-state index contributed by atoms with van der Waals surface area (Å²) in [6, 6.07) is 8.04. The monoisotopic (exact) mass is 495 g/mol. The van der Waals surface area contributed by atoms with Crippen LogP contribution in [0.15, 0.2) is 30.3 Å². The topological polar surface area (TPSA) is 140 Å². The molecular formula is C21H17F4N5O5. The van der Waals surface area contributed by atoms with Crippen LogP contribution in [0.2, 0.25) is 0 Å². The number of aromatic nitrogens is 4. The minimum Gasteiger partial charge on any atom is -0.494 e. The van der Waals surface area contributed by atoms with Crippen molar-refractivity contribution in [3.05, 3.63) is 41.8 Å². The third kappa shape index (κ3) is 5.37. The molecule has 0 saturated heterocycles. The van der Waals surface area contributed by atoms with Gasteiger partial charge in [-0.2, -0.15) is 18.2 Å². The lowest BCUT2D eigenvalue weighted by Crippen LogP contribution is -2.21. The van der Waals surface area contributed by atoms with Gasteiger partial charge in [0.15, 0.2) is 11.6 Å². The summed E-state index contributed by atoms with van der Waals surface area (Å²) in [5.74, 6) is -2.78. The van der Waals surface area contributed by atoms with Crippen LogP contribution in [0.5, 0.6) is 17.4 Å². The SMILES string of the molecule is COc1cccc2c(O)nc(Nc3nc(C)c4ccc(F)c(OC)c4n3)nc12.O=C(O)C(F)(F)F. The molecule has 0 bridgehead atoms. The average Bonchev–Trinajstić information content (AvgIpc) is 2.78. The summed E-state index contributed by atoms with van der Waals surface area (Å²) in [7, 11) is 2.89. The lowest BCUT2D eigenvalue weighted by molar-refractivity contribution is -0.192. The maximum absolute atomic E-state index is 14.0. The normalized spacial score (nSPS) is 11.1. The average molecular weight is 495 g/mol. The van der Waals surface area contributed by atoms with Crippen LogP contribution >= 0.6 is 0 Å². The van der Waals surface area contributed by atoms with E-state index in [-0.39, 0.29) is 23.5 Å². The molecule has 0 fully saturated rings. The molecule has 14 heteroatoms. The Bertz CT molecular complexity index is 1420. The van der Waals surface area contributed by atoms with Crippen molar-refractivity contribution < 1.29 is 42.0 Å². The molecule has 0 atom stereocenters. The van der Waals surface area contributed by atoms with Crippen LogP contribution in [0.1, 0.15) is 5.69 Å². The van der Waals surface area contributed by atoms with E-state index in [1.54, 1.807) is 31.2 Å². The van der Waals surface area contributed by atoms with Crippen LogP contribution in [0.3, 0.4) is 0 Å². The molecule has 184 valence electrons. The summed E-state index contributed by atoms with van der Waals surface area (Å²) < 4.78 is 56.2. The molecule has 2 aromatic carbocycles. The molecule has 4 rings (SSSR count). The van der Waals surface area contributed by atoms with Gasteiger partial charge in [-0.15, -0.1) is 0 Å². The fraction of sp³-hybridized carbons (Fsp3) is 0.190. The first kappa shape index (κ1) is 25.1. The van der Waals surface area contributed by atoms with Gasteiger partial charge < -0.3 is 19.7 Å². The number of carboxylic acid groups (broad SMARTS) is 1. The van der Waals surface area contributed by atoms with Gasteiger partial charge >= 0.3 is 12.1 Å². The molecule has 4 aromatic rings. The first-order valence-corrected chi connectivity index (χ1v) is 9.58. The number of benzene rings is 2. The van der Waals surface area contributed by atoms with Crippen molar-refractivity contribution >= 4 is 39.7 Å². The van der Waals surface area contributed by atoms with E-state index < -0.39 is 18.0 Å². The van der Waals surface area contributed by atoms with Crippen molar-refractivity contribution in [2.24, 2.45) is 0 Å². The zero-order valence-electron chi connectivity index (χ0n) is 18.3. The summed E-state index contributed by atoms with van der Waals surface area (Å²) in [4.78, 5) is 26.0. The smallest absolute Gasteiger partial charge is 0.490 e. The highest BCUT2D eigenvalue weighted by atomic mass is 19.4. The van der Waals surface area contributed by atoms with E-state index in [2.05, 4.69) is 25.3 Å². The van der Waals surface area contributed by atoms with Crippen LogP contribution < -0.4 is 14.8 Å². The van der Waals surface area contributed by atoms with Crippen molar-refractivity contribution in [1.82, 2.24) is 19.9 Å². The third-order valence-electron chi connectivity index (χ3n) is 4.52. The molecule has 0 unspecified atom stereocenters. The fourth-order valence-corrected chi connectivity index (χ4v) is 2.98. The number of rotatable bonds is 4. The molecule has 3 N–H and O–H groups in total. The van der Waals surface area contributed by atoms with E-state index in [1.807, 2.05) is 0 Å². The molecule has 2 heterocycles. The minimum atomic E-state index is -5.08. The highest BCUT2D eigenvalue weighted by molar-refractivity contribution is 5.90. The Kier molecular flexibility index (Phi) is 7.03. The maximum atomic E-state index is 14.0. The maximum Gasteiger partial charge on any atom is 0.490 e. The van der Waals surface area contributed by atoms with Gasteiger partial charge in [-0.25, -0.2) is 24.1 Å². The Balaban J connectivity index is 0.000000429. The van der Waals surface area contributed by atoms with Crippen molar-refractivity contribution in [3.63, 3.8) is 0 Å². The third-order valence-corrected chi connectivity index (χ3v) is 4.52. The van der Waals surface area contributed by atoms with Gasteiger partial charge in [-0.05, 0) is 31.2 Å². The Labute approximate surface area is 194 Å². The molecule has 35 heavy (non-hydrogen) atoms. The van der Waals surface area contributed by atoms with Crippen LogP contribution in [0.4, 0.5) is 29.5 Å². The number of aromatic hydroxyl groups is 1. The van der Waals surface area contributed by atoms with Gasteiger partial charge in [0.25, 0.3) is 0 Å². The first-order chi connectivity index (χ1) is 16.5. The molecule has 0 aliphatic carbocycles. The Hall–Kier alpha value is -4.49. The van der Waals surface area contributed by atoms with Crippen LogP contribution in [-0.2, 0) is 4.79 Å². The number of anilines is 2. The lowest BCUT2D eigenvalue weighted by atomic mass is 10.2. The van der Waals surface area contributed by atoms with E-state index in [9.17, 15) is 22.7 Å². The molecular weight excluding hydrogens is 478 g/mol. The number of hydrogen-bond acceptors (Lipinski definition) is 9.